The Hall–Kier alpha value is -1.61. The maximum Gasteiger partial charge on any atom is 0.330 e. The predicted molar refractivity (Wildman–Crippen MR) is 71.4 cm³/mol. The Morgan fingerprint density at radius 3 is 2.39 bits per heavy atom. The molecule has 0 radical (unpaired) electrons. The lowest BCUT2D eigenvalue weighted by Gasteiger charge is -2.23. The number of aliphatic carboxylic acids is 1. The number of benzene rings is 1. The summed E-state index contributed by atoms with van der Waals surface area (Å²) in [6, 6.07) is 7.73. The van der Waals surface area contributed by atoms with Crippen LogP contribution in [-0.2, 0) is 10.4 Å². The van der Waals surface area contributed by atoms with Gasteiger partial charge in [0.15, 0.2) is 0 Å². The molecule has 98 valence electrons. The molecule has 0 aliphatic rings. The van der Waals surface area contributed by atoms with Gasteiger partial charge < -0.3 is 10.2 Å². The van der Waals surface area contributed by atoms with Gasteiger partial charge in [0, 0.05) is 5.57 Å². The van der Waals surface area contributed by atoms with E-state index in [4.69, 9.17) is 5.11 Å². The summed E-state index contributed by atoms with van der Waals surface area (Å²) < 4.78 is 0. The van der Waals surface area contributed by atoms with Crippen LogP contribution in [0.4, 0.5) is 0 Å². The highest BCUT2D eigenvalue weighted by Crippen LogP contribution is 2.26. The summed E-state index contributed by atoms with van der Waals surface area (Å²) in [4.78, 5) is 10.6. The van der Waals surface area contributed by atoms with Crippen molar-refractivity contribution in [3.63, 3.8) is 0 Å². The van der Waals surface area contributed by atoms with Crippen molar-refractivity contribution >= 4 is 5.97 Å². The van der Waals surface area contributed by atoms with Crippen LogP contribution in [0.15, 0.2) is 35.9 Å². The first-order chi connectivity index (χ1) is 8.33. The Labute approximate surface area is 108 Å². The lowest BCUT2D eigenvalue weighted by atomic mass is 9.90. The minimum atomic E-state index is -0.928. The highest BCUT2D eigenvalue weighted by molar-refractivity contribution is 5.85. The zero-order valence-corrected chi connectivity index (χ0v) is 11.1. The topological polar surface area (TPSA) is 57.5 Å². The molecular formula is C15H20O3. The van der Waals surface area contributed by atoms with Crippen LogP contribution >= 0.6 is 0 Å². The van der Waals surface area contributed by atoms with E-state index in [0.717, 1.165) is 11.1 Å². The molecule has 18 heavy (non-hydrogen) atoms. The summed E-state index contributed by atoms with van der Waals surface area (Å²) in [6.45, 7) is 5.31. The second-order valence-corrected chi connectivity index (χ2v) is 4.87. The summed E-state index contributed by atoms with van der Waals surface area (Å²) in [5, 5.41) is 19.1. The van der Waals surface area contributed by atoms with Crippen LogP contribution in [0, 0.1) is 6.92 Å². The average Bonchev–Trinajstić information content (AvgIpc) is 2.29. The van der Waals surface area contributed by atoms with E-state index in [1.807, 2.05) is 31.2 Å². The van der Waals surface area contributed by atoms with E-state index < -0.39 is 11.6 Å². The molecule has 0 fully saturated rings. The van der Waals surface area contributed by atoms with Crippen molar-refractivity contribution in [3.8, 4) is 0 Å². The van der Waals surface area contributed by atoms with Crippen LogP contribution in [0.25, 0.3) is 0 Å². The molecule has 1 rings (SSSR count). The van der Waals surface area contributed by atoms with Gasteiger partial charge >= 0.3 is 5.97 Å². The fourth-order valence-corrected chi connectivity index (χ4v) is 1.71. The lowest BCUT2D eigenvalue weighted by molar-refractivity contribution is -0.132. The third-order valence-corrected chi connectivity index (χ3v) is 3.09. The molecule has 1 aromatic rings. The third kappa shape index (κ3) is 4.00. The van der Waals surface area contributed by atoms with Gasteiger partial charge in [-0.1, -0.05) is 35.9 Å². The molecule has 0 aliphatic carbocycles. The van der Waals surface area contributed by atoms with Crippen LogP contribution in [0.2, 0.25) is 0 Å². The lowest BCUT2D eigenvalue weighted by Crippen LogP contribution is -2.20. The van der Waals surface area contributed by atoms with Gasteiger partial charge in [-0.3, -0.25) is 0 Å². The number of hydrogen-bond donors (Lipinski definition) is 2. The standard InChI is InChI=1S/C15H20O3/c1-11-6-8-13(9-7-11)15(3,18)10-4-5-12(2)14(16)17/h5-9,18H,4,10H2,1-3H3,(H,16,17). The fraction of sp³-hybridized carbons (Fsp3) is 0.400. The molecule has 0 aromatic heterocycles. The zero-order valence-electron chi connectivity index (χ0n) is 11.1. The minimum Gasteiger partial charge on any atom is -0.478 e. The number of carboxylic acid groups (broad SMARTS) is 1. The van der Waals surface area contributed by atoms with Crippen molar-refractivity contribution in [2.75, 3.05) is 0 Å². The first-order valence-corrected chi connectivity index (χ1v) is 6.02. The van der Waals surface area contributed by atoms with Gasteiger partial charge in [-0.15, -0.1) is 0 Å². The first-order valence-electron chi connectivity index (χ1n) is 6.02. The van der Waals surface area contributed by atoms with E-state index >= 15 is 0 Å². The van der Waals surface area contributed by atoms with Crippen molar-refractivity contribution in [2.45, 2.75) is 39.2 Å². The molecule has 0 aliphatic heterocycles. The van der Waals surface area contributed by atoms with Crippen LogP contribution in [0.3, 0.4) is 0 Å². The quantitative estimate of drug-likeness (QED) is 0.787. The van der Waals surface area contributed by atoms with Gasteiger partial charge in [0.1, 0.15) is 0 Å². The van der Waals surface area contributed by atoms with Crippen molar-refractivity contribution in [2.24, 2.45) is 0 Å². The molecule has 0 amide bonds. The Balaban J connectivity index is 2.68. The largest absolute Gasteiger partial charge is 0.478 e. The number of allylic oxidation sites excluding steroid dienone is 1. The number of carbonyl (C=O) groups is 1. The van der Waals surface area contributed by atoms with Crippen molar-refractivity contribution in [3.05, 3.63) is 47.0 Å². The van der Waals surface area contributed by atoms with Crippen LogP contribution in [0.5, 0.6) is 0 Å². The molecule has 1 atom stereocenters. The van der Waals surface area contributed by atoms with Gasteiger partial charge in [-0.2, -0.15) is 0 Å². The zero-order chi connectivity index (χ0) is 13.8. The van der Waals surface area contributed by atoms with Gasteiger partial charge in [-0.25, -0.2) is 4.79 Å². The van der Waals surface area contributed by atoms with E-state index in [9.17, 15) is 9.90 Å². The fourth-order valence-electron chi connectivity index (χ4n) is 1.71. The summed E-state index contributed by atoms with van der Waals surface area (Å²) in [5.41, 5.74) is 1.39. The maximum absolute atomic E-state index is 10.6. The molecule has 0 spiro atoms. The van der Waals surface area contributed by atoms with Crippen LogP contribution in [0.1, 0.15) is 37.8 Å². The Kier molecular flexibility index (Phi) is 4.68. The molecule has 0 saturated carbocycles. The van der Waals surface area contributed by atoms with Gasteiger partial charge in [0.25, 0.3) is 0 Å². The van der Waals surface area contributed by atoms with E-state index in [1.54, 1.807) is 19.9 Å². The Bertz CT molecular complexity index is 441. The van der Waals surface area contributed by atoms with E-state index in [0.29, 0.717) is 18.4 Å². The molecule has 1 unspecified atom stereocenters. The number of rotatable bonds is 5. The van der Waals surface area contributed by atoms with E-state index in [-0.39, 0.29) is 0 Å². The summed E-state index contributed by atoms with van der Waals surface area (Å²) in [5.74, 6) is -0.912. The second kappa shape index (κ2) is 5.83. The summed E-state index contributed by atoms with van der Waals surface area (Å²) >= 11 is 0. The first kappa shape index (κ1) is 14.5. The summed E-state index contributed by atoms with van der Waals surface area (Å²) in [7, 11) is 0. The third-order valence-electron chi connectivity index (χ3n) is 3.09. The van der Waals surface area contributed by atoms with Crippen LogP contribution < -0.4 is 0 Å². The monoisotopic (exact) mass is 248 g/mol. The number of aliphatic hydroxyl groups is 1. The number of aryl methyl sites for hydroxylation is 1. The molecule has 3 nitrogen and oxygen atoms in total. The van der Waals surface area contributed by atoms with Crippen molar-refractivity contribution < 1.29 is 15.0 Å². The number of carboxylic acids is 1. The minimum absolute atomic E-state index is 0.315. The Morgan fingerprint density at radius 2 is 1.89 bits per heavy atom. The van der Waals surface area contributed by atoms with Crippen molar-refractivity contribution in [1.29, 1.82) is 0 Å². The van der Waals surface area contributed by atoms with Crippen molar-refractivity contribution in [1.82, 2.24) is 0 Å². The molecule has 0 heterocycles. The molecule has 0 bridgehead atoms. The molecule has 0 saturated heterocycles. The highest BCUT2D eigenvalue weighted by Gasteiger charge is 2.21. The van der Waals surface area contributed by atoms with Gasteiger partial charge in [0.05, 0.1) is 5.60 Å². The smallest absolute Gasteiger partial charge is 0.330 e. The van der Waals surface area contributed by atoms with E-state index in [2.05, 4.69) is 0 Å². The molecule has 2 N–H and O–H groups in total. The molecule has 3 heteroatoms. The van der Waals surface area contributed by atoms with Crippen LogP contribution in [-0.4, -0.2) is 16.2 Å². The Morgan fingerprint density at radius 1 is 1.33 bits per heavy atom. The van der Waals surface area contributed by atoms with E-state index in [1.165, 1.54) is 0 Å². The molecular weight excluding hydrogens is 228 g/mol. The second-order valence-electron chi connectivity index (χ2n) is 4.87. The van der Waals surface area contributed by atoms with Gasteiger partial charge in [0.2, 0.25) is 0 Å². The summed E-state index contributed by atoms with van der Waals surface area (Å²) in [6.07, 6.45) is 2.69. The number of hydrogen-bond acceptors (Lipinski definition) is 2. The highest BCUT2D eigenvalue weighted by atomic mass is 16.4. The normalized spacial score (nSPS) is 15.2. The molecule has 1 aromatic carbocycles. The average molecular weight is 248 g/mol. The SMILES string of the molecule is CC(=CCCC(C)(O)c1ccc(C)cc1)C(=O)O. The predicted octanol–water partition coefficient (Wildman–Crippen LogP) is 3.01. The maximum atomic E-state index is 10.6. The van der Waals surface area contributed by atoms with Gasteiger partial charge in [-0.05, 0) is 39.2 Å².